The third-order valence-corrected chi connectivity index (χ3v) is 5.17. The van der Waals surface area contributed by atoms with Crippen LogP contribution in [-0.2, 0) is 6.42 Å². The lowest BCUT2D eigenvalue weighted by molar-refractivity contribution is 0.0697. The summed E-state index contributed by atoms with van der Waals surface area (Å²) in [7, 11) is 0. The van der Waals surface area contributed by atoms with Crippen LogP contribution < -0.4 is 0 Å². The highest BCUT2D eigenvalue weighted by molar-refractivity contribution is 5.99. The van der Waals surface area contributed by atoms with Crippen LogP contribution in [0.4, 0.5) is 0 Å². The van der Waals surface area contributed by atoms with Gasteiger partial charge in [-0.2, -0.15) is 0 Å². The first-order chi connectivity index (χ1) is 12.5. The fourth-order valence-electron chi connectivity index (χ4n) is 3.58. The highest BCUT2D eigenvalue weighted by Gasteiger charge is 2.39. The van der Waals surface area contributed by atoms with Gasteiger partial charge in [0.05, 0.1) is 6.10 Å². The quantitative estimate of drug-likeness (QED) is 0.754. The van der Waals surface area contributed by atoms with Crippen molar-refractivity contribution in [2.24, 2.45) is 0 Å². The zero-order valence-electron chi connectivity index (χ0n) is 15.1. The number of hydrogen-bond donors (Lipinski definition) is 2. The molecule has 1 aliphatic heterocycles. The molecule has 1 fully saturated rings. The van der Waals surface area contributed by atoms with E-state index in [0.29, 0.717) is 30.2 Å². The number of hydrogen-bond acceptors (Lipinski definition) is 5. The number of aromatic nitrogens is 3. The van der Waals surface area contributed by atoms with E-state index in [9.17, 15) is 9.90 Å². The van der Waals surface area contributed by atoms with Crippen molar-refractivity contribution in [2.75, 3.05) is 6.54 Å². The predicted molar refractivity (Wildman–Crippen MR) is 95.9 cm³/mol. The van der Waals surface area contributed by atoms with Crippen molar-refractivity contribution in [3.05, 3.63) is 46.8 Å². The van der Waals surface area contributed by atoms with Crippen LogP contribution in [0.2, 0.25) is 0 Å². The van der Waals surface area contributed by atoms with Gasteiger partial charge >= 0.3 is 0 Å². The Balaban J connectivity index is 1.68. The van der Waals surface area contributed by atoms with E-state index in [2.05, 4.69) is 15.2 Å². The summed E-state index contributed by atoms with van der Waals surface area (Å²) in [4.78, 5) is 18.1. The van der Waals surface area contributed by atoms with E-state index in [1.165, 1.54) is 0 Å². The van der Waals surface area contributed by atoms with Gasteiger partial charge in [0.15, 0.2) is 0 Å². The zero-order chi connectivity index (χ0) is 18.4. The lowest BCUT2D eigenvalue weighted by Gasteiger charge is -2.21. The van der Waals surface area contributed by atoms with E-state index < -0.39 is 12.1 Å². The second-order valence-electron chi connectivity index (χ2n) is 6.89. The number of amides is 1. The minimum Gasteiger partial charge on any atom is -0.423 e. The molecule has 4 rings (SSSR count). The normalized spacial score (nSPS) is 20.2. The Kier molecular flexibility index (Phi) is 4.03. The molecule has 1 saturated heterocycles. The number of aromatic amines is 1. The van der Waals surface area contributed by atoms with Crippen LogP contribution in [0.5, 0.6) is 0 Å². The van der Waals surface area contributed by atoms with Crippen molar-refractivity contribution < 1.29 is 14.3 Å². The second kappa shape index (κ2) is 6.25. The van der Waals surface area contributed by atoms with E-state index >= 15 is 0 Å². The number of aryl methyl sites for hydroxylation is 3. The highest BCUT2D eigenvalue weighted by atomic mass is 16.4. The molecule has 1 aromatic carbocycles. The van der Waals surface area contributed by atoms with E-state index in [4.69, 9.17) is 4.42 Å². The van der Waals surface area contributed by atoms with Crippen molar-refractivity contribution in [3.8, 4) is 0 Å². The molecule has 0 radical (unpaired) electrons. The number of aliphatic hydroxyl groups is 1. The molecule has 2 N–H and O–H groups in total. The van der Waals surface area contributed by atoms with E-state index in [-0.39, 0.29) is 12.5 Å². The number of benzene rings is 1. The van der Waals surface area contributed by atoms with Crippen LogP contribution in [0.15, 0.2) is 22.6 Å². The molecule has 7 nitrogen and oxygen atoms in total. The molecular weight excluding hydrogens is 332 g/mol. The fourth-order valence-corrected chi connectivity index (χ4v) is 3.58. The van der Waals surface area contributed by atoms with Gasteiger partial charge in [0.1, 0.15) is 6.04 Å². The number of H-pyrrole nitrogens is 1. The molecule has 1 aliphatic rings. The molecule has 1 amide bonds. The maximum absolute atomic E-state index is 13.1. The van der Waals surface area contributed by atoms with Crippen LogP contribution in [-0.4, -0.2) is 43.7 Å². The van der Waals surface area contributed by atoms with Gasteiger partial charge in [-0.05, 0) is 37.6 Å². The Hall–Kier alpha value is -2.67. The van der Waals surface area contributed by atoms with Crippen LogP contribution in [0.1, 0.15) is 52.8 Å². The Bertz CT molecular complexity index is 974. The molecule has 136 valence electrons. The summed E-state index contributed by atoms with van der Waals surface area (Å²) in [5, 5.41) is 19.2. The molecule has 3 aromatic rings. The third-order valence-electron chi connectivity index (χ3n) is 5.17. The Labute approximate surface area is 151 Å². The van der Waals surface area contributed by atoms with Gasteiger partial charge in [0, 0.05) is 41.5 Å². The topological polar surface area (TPSA) is 95.3 Å². The van der Waals surface area contributed by atoms with Crippen molar-refractivity contribution in [3.63, 3.8) is 0 Å². The van der Waals surface area contributed by atoms with E-state index in [0.717, 1.165) is 22.2 Å². The second-order valence-corrected chi connectivity index (χ2v) is 6.89. The molecule has 2 atom stereocenters. The molecule has 0 saturated carbocycles. The number of aliphatic hydroxyl groups excluding tert-OH is 1. The number of likely N-dealkylation sites (tertiary alicyclic amines) is 1. The van der Waals surface area contributed by atoms with Crippen LogP contribution in [0, 0.1) is 13.8 Å². The zero-order valence-corrected chi connectivity index (χ0v) is 15.1. The summed E-state index contributed by atoms with van der Waals surface area (Å²) in [6, 6.07) is 5.25. The average molecular weight is 354 g/mol. The number of carbonyl (C=O) groups excluding carboxylic acids is 1. The molecule has 0 spiro atoms. The van der Waals surface area contributed by atoms with Crippen molar-refractivity contribution >= 4 is 16.8 Å². The minimum atomic E-state index is -0.596. The monoisotopic (exact) mass is 354 g/mol. The third kappa shape index (κ3) is 2.68. The molecule has 2 aromatic heterocycles. The first kappa shape index (κ1) is 16.8. The summed E-state index contributed by atoms with van der Waals surface area (Å²) in [5.74, 6) is 0.790. The largest absolute Gasteiger partial charge is 0.423 e. The van der Waals surface area contributed by atoms with E-state index in [1.807, 2.05) is 39.0 Å². The van der Waals surface area contributed by atoms with Crippen molar-refractivity contribution in [1.29, 1.82) is 0 Å². The van der Waals surface area contributed by atoms with Gasteiger partial charge < -0.3 is 19.4 Å². The van der Waals surface area contributed by atoms with Gasteiger partial charge in [0.25, 0.3) is 5.91 Å². The lowest BCUT2D eigenvalue weighted by atomic mass is 10.1. The van der Waals surface area contributed by atoms with Gasteiger partial charge in [-0.25, -0.2) is 0 Å². The van der Waals surface area contributed by atoms with Crippen molar-refractivity contribution in [2.45, 2.75) is 45.8 Å². The smallest absolute Gasteiger partial charge is 0.254 e. The summed E-state index contributed by atoms with van der Waals surface area (Å²) in [6.07, 6.45) is 0.446. The SMILES string of the molecule is CCc1nnc([C@H]2C[C@@H](O)CN2C(=O)c2ccc3[nH]c(C)c(C)c3c2)o1. The number of nitrogens with zero attached hydrogens (tertiary/aromatic N) is 3. The highest BCUT2D eigenvalue weighted by Crippen LogP contribution is 2.33. The predicted octanol–water partition coefficient (Wildman–Crippen LogP) is 2.68. The number of β-amino-alcohol motifs (C(OH)–C–C–N with tert-alkyl or cyclic N) is 1. The Morgan fingerprint density at radius 2 is 2.19 bits per heavy atom. The molecular formula is C19H22N4O3. The lowest BCUT2D eigenvalue weighted by Crippen LogP contribution is -2.31. The first-order valence-corrected chi connectivity index (χ1v) is 8.88. The maximum Gasteiger partial charge on any atom is 0.254 e. The van der Waals surface area contributed by atoms with Crippen LogP contribution >= 0.6 is 0 Å². The minimum absolute atomic E-state index is 0.136. The standard InChI is InChI=1S/C19H22N4O3/c1-4-17-21-22-18(26-17)16-8-13(24)9-23(16)19(25)12-5-6-15-14(7-12)10(2)11(3)20-15/h5-7,13,16,20,24H,4,8-9H2,1-3H3/t13-,16-/m1/s1. The molecule has 0 bridgehead atoms. The van der Waals surface area contributed by atoms with E-state index in [1.54, 1.807) is 4.90 Å². The van der Waals surface area contributed by atoms with Gasteiger partial charge in [0.2, 0.25) is 11.8 Å². The summed E-state index contributed by atoms with van der Waals surface area (Å²) in [6.45, 7) is 6.25. The molecule has 7 heteroatoms. The average Bonchev–Trinajstić information content (AvgIpc) is 3.32. The van der Waals surface area contributed by atoms with Gasteiger partial charge in [-0.1, -0.05) is 6.92 Å². The molecule has 26 heavy (non-hydrogen) atoms. The maximum atomic E-state index is 13.1. The molecule has 0 aliphatic carbocycles. The van der Waals surface area contributed by atoms with Crippen LogP contribution in [0.3, 0.4) is 0 Å². The van der Waals surface area contributed by atoms with Crippen LogP contribution in [0.25, 0.3) is 10.9 Å². The summed E-state index contributed by atoms with van der Waals surface area (Å²) < 4.78 is 5.64. The van der Waals surface area contributed by atoms with Gasteiger partial charge in [-0.15, -0.1) is 10.2 Å². The first-order valence-electron chi connectivity index (χ1n) is 8.88. The Morgan fingerprint density at radius 1 is 1.38 bits per heavy atom. The Morgan fingerprint density at radius 3 is 2.92 bits per heavy atom. The molecule has 0 unspecified atom stereocenters. The number of carbonyl (C=O) groups is 1. The number of fused-ring (bicyclic) bond motifs is 1. The summed E-state index contributed by atoms with van der Waals surface area (Å²) in [5.41, 5.74) is 3.84. The van der Waals surface area contributed by atoms with Crippen molar-refractivity contribution in [1.82, 2.24) is 20.1 Å². The number of nitrogens with one attached hydrogen (secondary N) is 1. The fraction of sp³-hybridized carbons (Fsp3) is 0.421. The number of rotatable bonds is 3. The molecule has 3 heterocycles. The van der Waals surface area contributed by atoms with Gasteiger partial charge in [-0.3, -0.25) is 4.79 Å². The summed E-state index contributed by atoms with van der Waals surface area (Å²) >= 11 is 0.